The Hall–Kier alpha value is -3.16. The zero-order chi connectivity index (χ0) is 18.8. The van der Waals surface area contributed by atoms with Gasteiger partial charge in [0, 0.05) is 19.4 Å². The van der Waals surface area contributed by atoms with Gasteiger partial charge in [-0.2, -0.15) is 21.0 Å². The summed E-state index contributed by atoms with van der Waals surface area (Å²) in [5, 5.41) is 41.3. The number of benzene rings is 3. The molecule has 0 amide bonds. The number of nitriles is 4. The average molecular weight is 462 g/mol. The highest BCUT2D eigenvalue weighted by atomic mass is 79.9. The summed E-state index contributed by atoms with van der Waals surface area (Å²) in [4.78, 5) is 0. The third-order valence-corrected chi connectivity index (χ3v) is 4.97. The van der Waals surface area contributed by atoms with Crippen molar-refractivity contribution in [2.24, 2.45) is 0 Å². The number of hydrogen-bond acceptors (Lipinski definition) is 4. The maximum atomic E-state index is 9.45. The van der Waals surface area contributed by atoms with Crippen molar-refractivity contribution in [1.29, 1.82) is 21.0 Å². The van der Waals surface area contributed by atoms with Gasteiger partial charge in [0.2, 0.25) is 0 Å². The van der Waals surface area contributed by atoms with Crippen LogP contribution in [0.3, 0.4) is 0 Å². The van der Waals surface area contributed by atoms with Crippen molar-refractivity contribution in [3.05, 3.63) is 55.8 Å². The Labute approximate surface area is 165 Å². The first-order valence-electron chi connectivity index (χ1n) is 7.25. The van der Waals surface area contributed by atoms with Gasteiger partial charge in [-0.1, -0.05) is 44.0 Å². The maximum Gasteiger partial charge on any atom is 0.138 e. The molecule has 0 radical (unpaired) electrons. The lowest BCUT2D eigenvalue weighted by molar-refractivity contribution is 1.49. The molecule has 0 bridgehead atoms. The summed E-state index contributed by atoms with van der Waals surface area (Å²) in [6, 6.07) is 18.5. The number of hydrogen-bond donors (Lipinski definition) is 0. The van der Waals surface area contributed by atoms with Crippen molar-refractivity contribution < 1.29 is 0 Å². The molecule has 0 N–H and O–H groups in total. The lowest BCUT2D eigenvalue weighted by Crippen LogP contribution is -2.18. The van der Waals surface area contributed by atoms with Crippen LogP contribution in [0.1, 0.15) is 0 Å². The summed E-state index contributed by atoms with van der Waals surface area (Å²) in [5.41, 5.74) is -0.0510. The molecule has 0 fully saturated rings. The second-order valence-corrected chi connectivity index (χ2v) is 7.16. The van der Waals surface area contributed by atoms with E-state index < -0.39 is 0 Å². The molecule has 120 valence electrons. The number of nitrogens with zero attached hydrogens (tertiary/aromatic N) is 4. The highest BCUT2D eigenvalue weighted by molar-refractivity contribution is 9.10. The molecule has 26 heavy (non-hydrogen) atoms. The minimum Gasteiger partial charge on any atom is -0.192 e. The smallest absolute Gasteiger partial charge is 0.138 e. The zero-order valence-electron chi connectivity index (χ0n) is 13.0. The molecule has 0 saturated heterocycles. The van der Waals surface area contributed by atoms with E-state index in [1.54, 1.807) is 36.4 Å². The molecule has 3 aromatic carbocycles. The molecule has 0 aliphatic carbocycles. The first kappa shape index (κ1) is 17.7. The van der Waals surface area contributed by atoms with Crippen LogP contribution in [0.5, 0.6) is 0 Å². The van der Waals surface area contributed by atoms with Crippen molar-refractivity contribution in [3.63, 3.8) is 0 Å². The first-order valence-corrected chi connectivity index (χ1v) is 8.83. The summed E-state index contributed by atoms with van der Waals surface area (Å²) >= 11 is 6.82. The van der Waals surface area contributed by atoms with Crippen molar-refractivity contribution in [1.82, 2.24) is 0 Å². The van der Waals surface area contributed by atoms with Gasteiger partial charge in [0.1, 0.15) is 35.4 Å². The van der Waals surface area contributed by atoms with Crippen LogP contribution < -0.4 is 10.4 Å². The molecule has 3 rings (SSSR count). The van der Waals surface area contributed by atoms with E-state index in [2.05, 4.69) is 31.9 Å². The Morgan fingerprint density at radius 1 is 0.577 bits per heavy atom. The van der Waals surface area contributed by atoms with Gasteiger partial charge in [-0.15, -0.1) is 0 Å². The van der Waals surface area contributed by atoms with E-state index in [1.165, 1.54) is 0 Å². The maximum absolute atomic E-state index is 9.45. The standard InChI is InChI=1S/C20H6Br2N4/c21-13-1-3-15-17(5-13)20(12(9-25)10-26)16-4-2-14(22)6-18(16)19(15)11(7-23)8-24/h1-6H. The Morgan fingerprint density at radius 2 is 0.923 bits per heavy atom. The van der Waals surface area contributed by atoms with Crippen LogP contribution in [0.15, 0.2) is 45.3 Å². The third kappa shape index (κ3) is 2.73. The summed E-state index contributed by atoms with van der Waals surface area (Å²) in [7, 11) is 0. The summed E-state index contributed by atoms with van der Waals surface area (Å²) < 4.78 is 1.53. The van der Waals surface area contributed by atoms with E-state index in [4.69, 9.17) is 0 Å². The molecule has 6 heteroatoms. The van der Waals surface area contributed by atoms with Crippen LogP contribution in [-0.4, -0.2) is 0 Å². The SMILES string of the molecule is N#CC(C#N)=c1c2ccc(Br)cc2c(=C(C#N)C#N)c2ccc(Br)cc12. The minimum atomic E-state index is -0.0255. The summed E-state index contributed by atoms with van der Waals surface area (Å²) in [6.07, 6.45) is 0. The van der Waals surface area contributed by atoms with E-state index in [1.807, 2.05) is 24.3 Å². The number of halogens is 2. The quantitative estimate of drug-likeness (QED) is 0.474. The third-order valence-electron chi connectivity index (χ3n) is 3.99. The van der Waals surface area contributed by atoms with Crippen molar-refractivity contribution in [3.8, 4) is 24.3 Å². The lowest BCUT2D eigenvalue weighted by Gasteiger charge is -2.09. The lowest BCUT2D eigenvalue weighted by atomic mass is 9.94. The predicted molar refractivity (Wildman–Crippen MR) is 105 cm³/mol. The van der Waals surface area contributed by atoms with Crippen LogP contribution in [0.2, 0.25) is 0 Å². The topological polar surface area (TPSA) is 95.2 Å². The molecule has 4 nitrogen and oxygen atoms in total. The van der Waals surface area contributed by atoms with Gasteiger partial charge in [-0.05, 0) is 45.8 Å². The minimum absolute atomic E-state index is 0.0255. The Balaban J connectivity index is 2.97. The molecule has 0 aliphatic rings. The van der Waals surface area contributed by atoms with Gasteiger partial charge in [0.25, 0.3) is 0 Å². The van der Waals surface area contributed by atoms with Crippen LogP contribution in [0.25, 0.3) is 32.7 Å². The highest BCUT2D eigenvalue weighted by Gasteiger charge is 2.13. The second-order valence-electron chi connectivity index (χ2n) is 5.33. The average Bonchev–Trinajstić information content (AvgIpc) is 2.64. The van der Waals surface area contributed by atoms with Gasteiger partial charge >= 0.3 is 0 Å². The van der Waals surface area contributed by atoms with Crippen LogP contribution in [0.4, 0.5) is 0 Å². The van der Waals surface area contributed by atoms with Gasteiger partial charge in [0.15, 0.2) is 0 Å². The Kier molecular flexibility index (Phi) is 4.75. The Morgan fingerprint density at radius 3 is 1.23 bits per heavy atom. The van der Waals surface area contributed by atoms with Crippen LogP contribution in [0, 0.1) is 45.3 Å². The normalized spacial score (nSPS) is 9.77. The molecule has 0 saturated carbocycles. The molecule has 0 aromatic heterocycles. The molecule has 0 unspecified atom stereocenters. The van der Waals surface area contributed by atoms with Gasteiger partial charge in [-0.3, -0.25) is 0 Å². The summed E-state index contributed by atoms with van der Waals surface area (Å²) in [5.74, 6) is 0. The van der Waals surface area contributed by atoms with E-state index in [-0.39, 0.29) is 11.1 Å². The van der Waals surface area contributed by atoms with Crippen molar-refractivity contribution in [2.45, 2.75) is 0 Å². The zero-order valence-corrected chi connectivity index (χ0v) is 16.2. The highest BCUT2D eigenvalue weighted by Crippen LogP contribution is 2.22. The van der Waals surface area contributed by atoms with E-state index >= 15 is 0 Å². The van der Waals surface area contributed by atoms with Crippen LogP contribution >= 0.6 is 31.9 Å². The summed E-state index contributed by atoms with van der Waals surface area (Å²) in [6.45, 7) is 0. The number of rotatable bonds is 0. The molecular formula is C20H6Br2N4. The predicted octanol–water partition coefficient (Wildman–Crippen LogP) is 3.91. The van der Waals surface area contributed by atoms with Crippen molar-refractivity contribution in [2.75, 3.05) is 0 Å². The van der Waals surface area contributed by atoms with Crippen molar-refractivity contribution >= 4 is 64.6 Å². The molecule has 0 atom stereocenters. The molecule has 3 aromatic rings. The van der Waals surface area contributed by atoms with E-state index in [9.17, 15) is 21.0 Å². The molecule has 0 spiro atoms. The van der Waals surface area contributed by atoms with Crippen LogP contribution in [-0.2, 0) is 0 Å². The second kappa shape index (κ2) is 6.99. The fraction of sp³-hybridized carbons (Fsp3) is 0. The fourth-order valence-electron chi connectivity index (χ4n) is 2.99. The van der Waals surface area contributed by atoms with E-state index in [0.717, 1.165) is 8.95 Å². The van der Waals surface area contributed by atoms with Gasteiger partial charge < -0.3 is 0 Å². The van der Waals surface area contributed by atoms with Gasteiger partial charge in [-0.25, -0.2) is 0 Å². The Bertz CT molecular complexity index is 1250. The monoisotopic (exact) mass is 460 g/mol. The largest absolute Gasteiger partial charge is 0.192 e. The molecule has 0 aliphatic heterocycles. The fourth-order valence-corrected chi connectivity index (χ4v) is 3.71. The van der Waals surface area contributed by atoms with E-state index in [0.29, 0.717) is 32.0 Å². The number of fused-ring (bicyclic) bond motifs is 2. The first-order chi connectivity index (χ1) is 12.5. The molecule has 0 heterocycles. The molecular weight excluding hydrogens is 456 g/mol. The van der Waals surface area contributed by atoms with Gasteiger partial charge in [0.05, 0.1) is 0 Å².